The van der Waals surface area contributed by atoms with Crippen molar-refractivity contribution in [3.05, 3.63) is 64.0 Å². The van der Waals surface area contributed by atoms with E-state index in [1.807, 2.05) is 24.3 Å². The normalized spacial score (nSPS) is 11.9. The van der Waals surface area contributed by atoms with E-state index in [1.54, 1.807) is 31.4 Å². The van der Waals surface area contributed by atoms with Crippen molar-refractivity contribution >= 4 is 44.9 Å². The van der Waals surface area contributed by atoms with Gasteiger partial charge >= 0.3 is 5.97 Å². The first-order valence-electron chi connectivity index (χ1n) is 7.83. The van der Waals surface area contributed by atoms with Gasteiger partial charge in [-0.1, -0.05) is 41.9 Å². The minimum atomic E-state index is -1.01. The number of carboxylic acid groups (broad SMARTS) is 1. The van der Waals surface area contributed by atoms with E-state index in [9.17, 15) is 14.7 Å². The van der Waals surface area contributed by atoms with Crippen LogP contribution in [-0.2, 0) is 4.79 Å². The van der Waals surface area contributed by atoms with Crippen LogP contribution in [0.25, 0.3) is 10.1 Å². The summed E-state index contributed by atoms with van der Waals surface area (Å²) in [5, 5.41) is 13.2. The Hall–Kier alpha value is -2.57. The van der Waals surface area contributed by atoms with Crippen molar-refractivity contribution < 1.29 is 19.4 Å². The number of thiophene rings is 1. The molecule has 2 aromatic carbocycles. The van der Waals surface area contributed by atoms with Crippen LogP contribution in [0.3, 0.4) is 0 Å². The number of aliphatic carboxylic acids is 1. The molecular formula is C19H16ClNO4S. The lowest BCUT2D eigenvalue weighted by molar-refractivity contribution is -0.137. The molecule has 5 nitrogen and oxygen atoms in total. The molecule has 0 saturated carbocycles. The third-order valence-electron chi connectivity index (χ3n) is 3.94. The lowest BCUT2D eigenvalue weighted by Gasteiger charge is -2.17. The summed E-state index contributed by atoms with van der Waals surface area (Å²) in [6.45, 7) is 0. The first-order chi connectivity index (χ1) is 12.5. The molecule has 1 heterocycles. The Morgan fingerprint density at radius 3 is 2.50 bits per heavy atom. The number of methoxy groups -OCH3 is 1. The Morgan fingerprint density at radius 1 is 1.19 bits per heavy atom. The Bertz CT molecular complexity index is 952. The molecule has 0 aliphatic carbocycles. The van der Waals surface area contributed by atoms with Crippen LogP contribution in [0.5, 0.6) is 5.75 Å². The maximum atomic E-state index is 12.7. The van der Waals surface area contributed by atoms with Crippen LogP contribution in [-0.4, -0.2) is 24.1 Å². The quantitative estimate of drug-likeness (QED) is 0.650. The summed E-state index contributed by atoms with van der Waals surface area (Å²) in [4.78, 5) is 24.3. The minimum absolute atomic E-state index is 0.236. The zero-order valence-electron chi connectivity index (χ0n) is 13.9. The van der Waals surface area contributed by atoms with Crippen molar-refractivity contribution in [3.63, 3.8) is 0 Å². The van der Waals surface area contributed by atoms with Gasteiger partial charge < -0.3 is 15.2 Å². The van der Waals surface area contributed by atoms with Gasteiger partial charge in [0.15, 0.2) is 0 Å². The average Bonchev–Trinajstić information content (AvgIpc) is 2.98. The highest BCUT2D eigenvalue weighted by atomic mass is 35.5. The fourth-order valence-corrected chi connectivity index (χ4v) is 4.07. The summed E-state index contributed by atoms with van der Waals surface area (Å²) in [6.07, 6.45) is -0.236. The van der Waals surface area contributed by atoms with Crippen LogP contribution in [0, 0.1) is 0 Å². The molecule has 0 aliphatic heterocycles. The molecule has 0 spiro atoms. The molecule has 0 unspecified atom stereocenters. The van der Waals surface area contributed by atoms with Crippen molar-refractivity contribution in [2.24, 2.45) is 0 Å². The van der Waals surface area contributed by atoms with Crippen LogP contribution in [0.1, 0.15) is 27.7 Å². The van der Waals surface area contributed by atoms with Crippen molar-refractivity contribution in [3.8, 4) is 5.75 Å². The van der Waals surface area contributed by atoms with Crippen LogP contribution in [0.15, 0.2) is 48.5 Å². The number of halogens is 1. The minimum Gasteiger partial charge on any atom is -0.497 e. The number of nitrogens with one attached hydrogen (secondary N) is 1. The molecule has 1 aromatic heterocycles. The van der Waals surface area contributed by atoms with Crippen LogP contribution < -0.4 is 10.1 Å². The largest absolute Gasteiger partial charge is 0.497 e. The van der Waals surface area contributed by atoms with E-state index < -0.39 is 17.9 Å². The summed E-state index contributed by atoms with van der Waals surface area (Å²) >= 11 is 7.63. The molecule has 134 valence electrons. The monoisotopic (exact) mass is 389 g/mol. The molecule has 3 aromatic rings. The van der Waals surface area contributed by atoms with E-state index >= 15 is 0 Å². The molecule has 0 saturated heterocycles. The number of carboxylic acids is 1. The van der Waals surface area contributed by atoms with E-state index in [0.717, 1.165) is 10.1 Å². The molecule has 0 radical (unpaired) electrons. The summed E-state index contributed by atoms with van der Waals surface area (Å²) in [5.74, 6) is -0.742. The number of ether oxygens (including phenoxy) is 1. The number of hydrogen-bond donors (Lipinski definition) is 2. The molecular weight excluding hydrogens is 374 g/mol. The summed E-state index contributed by atoms with van der Waals surface area (Å²) in [6, 6.07) is 13.7. The van der Waals surface area contributed by atoms with Crippen molar-refractivity contribution in [2.45, 2.75) is 12.5 Å². The van der Waals surface area contributed by atoms with E-state index in [1.165, 1.54) is 11.3 Å². The first kappa shape index (κ1) is 18.2. The second-order valence-corrected chi connectivity index (χ2v) is 7.07. The first-order valence-corrected chi connectivity index (χ1v) is 9.02. The third-order valence-corrected chi connectivity index (χ3v) is 5.62. The highest BCUT2D eigenvalue weighted by Crippen LogP contribution is 2.35. The summed E-state index contributed by atoms with van der Waals surface area (Å²) in [7, 11) is 1.55. The highest BCUT2D eigenvalue weighted by Gasteiger charge is 2.22. The van der Waals surface area contributed by atoms with Gasteiger partial charge in [0.05, 0.1) is 24.6 Å². The number of benzene rings is 2. The Kier molecular flexibility index (Phi) is 5.44. The number of carbonyl (C=O) groups is 2. The summed E-state index contributed by atoms with van der Waals surface area (Å²) in [5.41, 5.74) is 0.679. The number of hydrogen-bond acceptors (Lipinski definition) is 4. The maximum absolute atomic E-state index is 12.7. The molecule has 1 amide bonds. The van der Waals surface area contributed by atoms with E-state index in [0.29, 0.717) is 21.2 Å². The second kappa shape index (κ2) is 7.76. The molecule has 26 heavy (non-hydrogen) atoms. The smallest absolute Gasteiger partial charge is 0.305 e. The Labute approximate surface area is 159 Å². The molecule has 0 aliphatic rings. The number of rotatable bonds is 6. The SMILES string of the molecule is COc1ccc([C@H](CC(=O)O)NC(=O)c2sc3ccccc3c2Cl)cc1. The molecule has 0 bridgehead atoms. The van der Waals surface area contributed by atoms with E-state index in [4.69, 9.17) is 16.3 Å². The summed E-state index contributed by atoms with van der Waals surface area (Å²) < 4.78 is 6.01. The van der Waals surface area contributed by atoms with Crippen molar-refractivity contribution in [2.75, 3.05) is 7.11 Å². The second-order valence-electron chi connectivity index (χ2n) is 5.64. The predicted molar refractivity (Wildman–Crippen MR) is 102 cm³/mol. The van der Waals surface area contributed by atoms with Gasteiger partial charge in [0.25, 0.3) is 5.91 Å². The average molecular weight is 390 g/mol. The fourth-order valence-electron chi connectivity index (χ4n) is 2.65. The number of carbonyl (C=O) groups excluding carboxylic acids is 1. The highest BCUT2D eigenvalue weighted by molar-refractivity contribution is 7.21. The zero-order valence-corrected chi connectivity index (χ0v) is 15.4. The van der Waals surface area contributed by atoms with Gasteiger partial charge in [-0.05, 0) is 23.8 Å². The van der Waals surface area contributed by atoms with Crippen molar-refractivity contribution in [1.82, 2.24) is 5.32 Å². The number of amides is 1. The lowest BCUT2D eigenvalue weighted by atomic mass is 10.0. The standard InChI is InChI=1S/C19H16ClNO4S/c1-25-12-8-6-11(7-9-12)14(10-16(22)23)21-19(24)18-17(20)13-4-2-3-5-15(13)26-18/h2-9,14H,10H2,1H3,(H,21,24)(H,22,23)/t14-/m0/s1. The Balaban J connectivity index is 1.88. The van der Waals surface area contributed by atoms with Gasteiger partial charge in [0.1, 0.15) is 10.6 Å². The molecule has 1 atom stereocenters. The predicted octanol–water partition coefficient (Wildman–Crippen LogP) is 4.51. The van der Waals surface area contributed by atoms with E-state index in [2.05, 4.69) is 5.32 Å². The molecule has 7 heteroatoms. The Morgan fingerprint density at radius 2 is 1.88 bits per heavy atom. The van der Waals surface area contributed by atoms with Gasteiger partial charge in [-0.25, -0.2) is 0 Å². The van der Waals surface area contributed by atoms with Gasteiger partial charge in [0, 0.05) is 10.1 Å². The molecule has 3 rings (SSSR count). The van der Waals surface area contributed by atoms with Crippen molar-refractivity contribution in [1.29, 1.82) is 0 Å². The van der Waals surface area contributed by atoms with Gasteiger partial charge in [-0.2, -0.15) is 0 Å². The maximum Gasteiger partial charge on any atom is 0.305 e. The topological polar surface area (TPSA) is 75.6 Å². The van der Waals surface area contributed by atoms with Crippen LogP contribution in [0.4, 0.5) is 0 Å². The third kappa shape index (κ3) is 3.81. The lowest BCUT2D eigenvalue weighted by Crippen LogP contribution is -2.29. The van der Waals surface area contributed by atoms with Crippen LogP contribution in [0.2, 0.25) is 5.02 Å². The molecule has 2 N–H and O–H groups in total. The number of fused-ring (bicyclic) bond motifs is 1. The van der Waals surface area contributed by atoms with Gasteiger partial charge in [-0.15, -0.1) is 11.3 Å². The van der Waals surface area contributed by atoms with Gasteiger partial charge in [0.2, 0.25) is 0 Å². The molecule has 0 fully saturated rings. The zero-order chi connectivity index (χ0) is 18.7. The van der Waals surface area contributed by atoms with E-state index in [-0.39, 0.29) is 6.42 Å². The van der Waals surface area contributed by atoms with Crippen LogP contribution >= 0.6 is 22.9 Å². The van der Waals surface area contributed by atoms with Gasteiger partial charge in [-0.3, -0.25) is 9.59 Å². The fraction of sp³-hybridized carbons (Fsp3) is 0.158.